The van der Waals surface area contributed by atoms with Gasteiger partial charge in [0.2, 0.25) is 0 Å². The SMILES string of the molecule is OC[C@H]1O[C@@H]2O[C@@H]1[C@H](O)[C@H]2O. The van der Waals surface area contributed by atoms with Crippen molar-refractivity contribution in [3.05, 3.63) is 0 Å². The predicted molar refractivity (Wildman–Crippen MR) is 32.6 cm³/mol. The van der Waals surface area contributed by atoms with Crippen LogP contribution in [0.1, 0.15) is 0 Å². The van der Waals surface area contributed by atoms with E-state index in [0.717, 1.165) is 0 Å². The van der Waals surface area contributed by atoms with Crippen molar-refractivity contribution in [2.24, 2.45) is 0 Å². The second kappa shape index (κ2) is 2.40. The van der Waals surface area contributed by atoms with Crippen LogP contribution in [-0.4, -0.2) is 52.6 Å². The van der Waals surface area contributed by atoms with E-state index in [1.807, 2.05) is 0 Å². The Morgan fingerprint density at radius 2 is 1.82 bits per heavy atom. The van der Waals surface area contributed by atoms with Crippen LogP contribution in [0.5, 0.6) is 0 Å². The van der Waals surface area contributed by atoms with E-state index in [1.54, 1.807) is 0 Å². The third-order valence-corrected chi connectivity index (χ3v) is 2.11. The molecule has 3 N–H and O–H groups in total. The van der Waals surface area contributed by atoms with Gasteiger partial charge >= 0.3 is 0 Å². The maximum Gasteiger partial charge on any atom is 0.187 e. The highest BCUT2D eigenvalue weighted by molar-refractivity contribution is 4.96. The second-order valence-electron chi connectivity index (χ2n) is 2.81. The van der Waals surface area contributed by atoms with Crippen molar-refractivity contribution in [2.75, 3.05) is 6.61 Å². The number of fused-ring (bicyclic) bond motifs is 2. The fraction of sp³-hybridized carbons (Fsp3) is 1.00. The van der Waals surface area contributed by atoms with Crippen LogP contribution in [0.15, 0.2) is 0 Å². The van der Waals surface area contributed by atoms with Crippen molar-refractivity contribution in [2.45, 2.75) is 30.7 Å². The minimum absolute atomic E-state index is 0.190. The topological polar surface area (TPSA) is 79.2 Å². The molecule has 0 spiro atoms. The molecule has 0 aromatic carbocycles. The third kappa shape index (κ3) is 0.896. The zero-order valence-corrected chi connectivity index (χ0v) is 5.75. The van der Waals surface area contributed by atoms with Gasteiger partial charge in [-0.2, -0.15) is 0 Å². The van der Waals surface area contributed by atoms with E-state index in [2.05, 4.69) is 0 Å². The molecule has 0 aromatic rings. The molecule has 5 heteroatoms. The van der Waals surface area contributed by atoms with Crippen molar-refractivity contribution < 1.29 is 24.8 Å². The van der Waals surface area contributed by atoms with Crippen molar-refractivity contribution in [3.8, 4) is 0 Å². The van der Waals surface area contributed by atoms with Crippen molar-refractivity contribution in [3.63, 3.8) is 0 Å². The fourth-order valence-corrected chi connectivity index (χ4v) is 1.49. The first-order valence-corrected chi connectivity index (χ1v) is 3.52. The lowest BCUT2D eigenvalue weighted by Gasteiger charge is -2.24. The van der Waals surface area contributed by atoms with E-state index >= 15 is 0 Å². The van der Waals surface area contributed by atoms with E-state index in [9.17, 15) is 5.11 Å². The number of hydrogen-bond acceptors (Lipinski definition) is 5. The lowest BCUT2D eigenvalue weighted by atomic mass is 10.0. The minimum atomic E-state index is -0.970. The van der Waals surface area contributed by atoms with Gasteiger partial charge in [-0.1, -0.05) is 0 Å². The summed E-state index contributed by atoms with van der Waals surface area (Å²) in [6.07, 6.45) is -3.71. The fourth-order valence-electron chi connectivity index (χ4n) is 1.49. The summed E-state index contributed by atoms with van der Waals surface area (Å²) in [7, 11) is 0. The molecule has 0 aliphatic carbocycles. The molecule has 2 rings (SSSR count). The quantitative estimate of drug-likeness (QED) is 0.408. The molecular weight excluding hydrogens is 152 g/mol. The number of hydrogen-bond donors (Lipinski definition) is 3. The molecule has 5 atom stereocenters. The summed E-state index contributed by atoms with van der Waals surface area (Å²) in [4.78, 5) is 0. The highest BCUT2D eigenvalue weighted by atomic mass is 16.8. The van der Waals surface area contributed by atoms with Crippen LogP contribution < -0.4 is 0 Å². The average molecular weight is 162 g/mol. The van der Waals surface area contributed by atoms with Crippen LogP contribution in [0.3, 0.4) is 0 Å². The third-order valence-electron chi connectivity index (χ3n) is 2.11. The zero-order chi connectivity index (χ0) is 8.01. The van der Waals surface area contributed by atoms with Crippen LogP contribution in [0.25, 0.3) is 0 Å². The first-order chi connectivity index (χ1) is 5.24. The average Bonchev–Trinajstić information content (AvgIpc) is 2.53. The molecule has 0 unspecified atom stereocenters. The molecule has 0 amide bonds. The maximum atomic E-state index is 9.22. The molecule has 5 nitrogen and oxygen atoms in total. The molecule has 2 aliphatic heterocycles. The molecule has 2 aliphatic rings. The molecule has 11 heavy (non-hydrogen) atoms. The van der Waals surface area contributed by atoms with Gasteiger partial charge in [0.25, 0.3) is 0 Å². The van der Waals surface area contributed by atoms with E-state index in [1.165, 1.54) is 0 Å². The Labute approximate surface area is 63.2 Å². The Kier molecular flexibility index (Phi) is 1.62. The van der Waals surface area contributed by atoms with Crippen LogP contribution in [0, 0.1) is 0 Å². The van der Waals surface area contributed by atoms with E-state index in [4.69, 9.17) is 19.7 Å². The van der Waals surface area contributed by atoms with Crippen molar-refractivity contribution in [1.82, 2.24) is 0 Å². The number of aliphatic hydroxyl groups is 3. The number of rotatable bonds is 1. The van der Waals surface area contributed by atoms with Crippen LogP contribution in [0.2, 0.25) is 0 Å². The van der Waals surface area contributed by atoms with Crippen molar-refractivity contribution >= 4 is 0 Å². The van der Waals surface area contributed by atoms with E-state index < -0.39 is 30.7 Å². The summed E-state index contributed by atoms with van der Waals surface area (Å²) in [5.74, 6) is 0. The van der Waals surface area contributed by atoms with Gasteiger partial charge in [0.1, 0.15) is 24.4 Å². The number of aliphatic hydroxyl groups excluding tert-OH is 3. The molecule has 0 aromatic heterocycles. The summed E-state index contributed by atoms with van der Waals surface area (Å²) < 4.78 is 10.0. The predicted octanol–water partition coefficient (Wildman–Crippen LogP) is -2.18. The smallest absolute Gasteiger partial charge is 0.187 e. The summed E-state index contributed by atoms with van der Waals surface area (Å²) >= 11 is 0. The van der Waals surface area contributed by atoms with Gasteiger partial charge in [0.05, 0.1) is 6.61 Å². The van der Waals surface area contributed by atoms with Crippen molar-refractivity contribution in [1.29, 1.82) is 0 Å². The van der Waals surface area contributed by atoms with Crippen LogP contribution in [-0.2, 0) is 9.47 Å². The van der Waals surface area contributed by atoms with Crippen LogP contribution >= 0.6 is 0 Å². The highest BCUT2D eigenvalue weighted by Crippen LogP contribution is 2.33. The Morgan fingerprint density at radius 3 is 2.27 bits per heavy atom. The molecule has 2 saturated heterocycles. The number of ether oxygens (including phenoxy) is 2. The summed E-state index contributed by atoms with van der Waals surface area (Å²) in [6.45, 7) is -0.190. The van der Waals surface area contributed by atoms with Gasteiger partial charge in [0, 0.05) is 0 Å². The summed E-state index contributed by atoms with van der Waals surface area (Å²) in [6, 6.07) is 0. The zero-order valence-electron chi connectivity index (χ0n) is 5.75. The van der Waals surface area contributed by atoms with Gasteiger partial charge in [-0.05, 0) is 0 Å². The Hall–Kier alpha value is -0.200. The highest BCUT2D eigenvalue weighted by Gasteiger charge is 2.54. The second-order valence-corrected chi connectivity index (χ2v) is 2.81. The van der Waals surface area contributed by atoms with Gasteiger partial charge in [-0.25, -0.2) is 0 Å². The Bertz CT molecular complexity index is 155. The largest absolute Gasteiger partial charge is 0.394 e. The van der Waals surface area contributed by atoms with Gasteiger partial charge in [-0.15, -0.1) is 0 Å². The summed E-state index contributed by atoms with van der Waals surface area (Å²) in [5, 5.41) is 27.0. The monoisotopic (exact) mass is 162 g/mol. The molecule has 0 radical (unpaired) electrons. The lowest BCUT2D eigenvalue weighted by Crippen LogP contribution is -2.46. The molecule has 2 heterocycles. The molecule has 0 saturated carbocycles. The van der Waals surface area contributed by atoms with E-state index in [-0.39, 0.29) is 6.61 Å². The molecular formula is C6H10O5. The lowest BCUT2D eigenvalue weighted by molar-refractivity contribution is -0.141. The standard InChI is InChI=1S/C6H10O5/c7-1-2-5-3(8)4(9)6(10-2)11-5/h2-9H,1H2/t2-,3-,4-,5+,6-/m1/s1. The normalized spacial score (nSPS) is 55.4. The first kappa shape index (κ1) is 7.45. The van der Waals surface area contributed by atoms with Gasteiger partial charge in [0.15, 0.2) is 6.29 Å². The Balaban J connectivity index is 2.10. The van der Waals surface area contributed by atoms with Crippen LogP contribution in [0.4, 0.5) is 0 Å². The minimum Gasteiger partial charge on any atom is -0.394 e. The Morgan fingerprint density at radius 1 is 1.09 bits per heavy atom. The maximum absolute atomic E-state index is 9.22. The van der Waals surface area contributed by atoms with Gasteiger partial charge < -0.3 is 24.8 Å². The molecule has 2 fully saturated rings. The molecule has 2 bridgehead atoms. The first-order valence-electron chi connectivity index (χ1n) is 3.52. The van der Waals surface area contributed by atoms with Gasteiger partial charge in [-0.3, -0.25) is 0 Å². The summed E-state index contributed by atoms with van der Waals surface area (Å²) in [5.41, 5.74) is 0. The molecule has 64 valence electrons. The van der Waals surface area contributed by atoms with E-state index in [0.29, 0.717) is 0 Å².